The second-order valence-corrected chi connectivity index (χ2v) is 6.22. The van der Waals surface area contributed by atoms with Gasteiger partial charge in [-0.15, -0.1) is 0 Å². The smallest absolute Gasteiger partial charge is 0.330 e. The summed E-state index contributed by atoms with van der Waals surface area (Å²) in [7, 11) is -2.48. The van der Waals surface area contributed by atoms with Gasteiger partial charge in [-0.2, -0.15) is 0 Å². The van der Waals surface area contributed by atoms with E-state index in [0.717, 1.165) is 19.3 Å². The number of aliphatic hydroxyl groups excluding tert-OH is 1. The highest BCUT2D eigenvalue weighted by Gasteiger charge is 2.59. The summed E-state index contributed by atoms with van der Waals surface area (Å²) < 4.78 is 16.0. The molecular weight excluding hydrogens is 266 g/mol. The molecule has 1 saturated carbocycles. The van der Waals surface area contributed by atoms with E-state index in [4.69, 9.17) is 18.5 Å². The Bertz CT molecular complexity index is 280. The average molecular weight is 284 g/mol. The Morgan fingerprint density at radius 3 is 2.94 bits per heavy atom. The van der Waals surface area contributed by atoms with Crippen molar-refractivity contribution in [2.45, 2.75) is 37.9 Å². The van der Waals surface area contributed by atoms with Crippen molar-refractivity contribution >= 4 is 17.6 Å². The van der Waals surface area contributed by atoms with Crippen molar-refractivity contribution < 1.29 is 28.5 Å². The maximum atomic E-state index is 9.65. The van der Waals surface area contributed by atoms with Crippen molar-refractivity contribution in [3.63, 3.8) is 0 Å². The molecule has 3 N–H and O–H groups in total. The Morgan fingerprint density at radius 1 is 1.53 bits per heavy atom. The lowest BCUT2D eigenvalue weighted by molar-refractivity contribution is -0.111. The van der Waals surface area contributed by atoms with Gasteiger partial charge in [-0.3, -0.25) is 0 Å². The molecule has 5 unspecified atom stereocenters. The third kappa shape index (κ3) is 2.51. The fourth-order valence-electron chi connectivity index (χ4n) is 2.84. The third-order valence-electron chi connectivity index (χ3n) is 3.68. The highest BCUT2D eigenvalue weighted by atomic mass is 31.2. The third-order valence-corrected chi connectivity index (χ3v) is 4.92. The number of aliphatic hydroxyl groups is 1. The Balaban J connectivity index is 2.20. The van der Waals surface area contributed by atoms with Gasteiger partial charge in [0, 0.05) is 5.41 Å². The van der Waals surface area contributed by atoms with Crippen molar-refractivity contribution in [3.05, 3.63) is 0 Å². The molecule has 6 nitrogen and oxygen atoms in total. The first-order valence-electron chi connectivity index (χ1n) is 5.53. The van der Waals surface area contributed by atoms with Crippen molar-refractivity contribution in [1.29, 1.82) is 0 Å². The van der Waals surface area contributed by atoms with E-state index in [2.05, 4.69) is 0 Å². The minimum absolute atomic E-state index is 0.107. The van der Waals surface area contributed by atoms with Crippen molar-refractivity contribution in [3.8, 4) is 0 Å². The van der Waals surface area contributed by atoms with Gasteiger partial charge in [-0.05, 0) is 26.2 Å². The Morgan fingerprint density at radius 2 is 2.29 bits per heavy atom. The predicted molar refractivity (Wildman–Crippen MR) is 63.4 cm³/mol. The molecule has 1 aliphatic carbocycles. The van der Waals surface area contributed by atoms with Crippen LogP contribution in [0, 0.1) is 5.41 Å². The van der Waals surface area contributed by atoms with Crippen LogP contribution in [-0.4, -0.2) is 39.8 Å². The van der Waals surface area contributed by atoms with Crippen LogP contribution in [0.25, 0.3) is 0 Å². The fraction of sp³-hybridized carbons (Fsp3) is 1.00. The molecule has 0 bridgehead atoms. The molecule has 0 aromatic rings. The van der Waals surface area contributed by atoms with Crippen LogP contribution >= 0.6 is 17.6 Å². The van der Waals surface area contributed by atoms with E-state index in [9.17, 15) is 10.00 Å². The SMILES string of the molecule is CC12CCCC(CO)(COPO)C1OP(O)O2. The van der Waals surface area contributed by atoms with Crippen molar-refractivity contribution in [2.75, 3.05) is 13.2 Å². The van der Waals surface area contributed by atoms with Crippen LogP contribution in [-0.2, 0) is 13.6 Å². The van der Waals surface area contributed by atoms with Crippen LogP contribution in [0.4, 0.5) is 0 Å². The normalized spacial score (nSPS) is 46.6. The van der Waals surface area contributed by atoms with Crippen LogP contribution in [0.15, 0.2) is 0 Å². The number of fused-ring (bicyclic) bond motifs is 1. The maximum Gasteiger partial charge on any atom is 0.330 e. The molecule has 100 valence electrons. The predicted octanol–water partition coefficient (Wildman–Crippen LogP) is 1.06. The molecule has 1 aliphatic heterocycles. The number of hydrogen-bond acceptors (Lipinski definition) is 6. The van der Waals surface area contributed by atoms with Gasteiger partial charge in [0.1, 0.15) is 11.7 Å². The van der Waals surface area contributed by atoms with Crippen molar-refractivity contribution in [1.82, 2.24) is 0 Å². The molecule has 0 aromatic carbocycles. The van der Waals surface area contributed by atoms with E-state index in [1.165, 1.54) is 0 Å². The lowest BCUT2D eigenvalue weighted by atomic mass is 9.66. The first-order valence-corrected chi connectivity index (χ1v) is 7.51. The Labute approximate surface area is 103 Å². The number of rotatable bonds is 4. The zero-order chi connectivity index (χ0) is 12.5. The molecule has 2 fully saturated rings. The summed E-state index contributed by atoms with van der Waals surface area (Å²) >= 11 is 0. The van der Waals surface area contributed by atoms with Gasteiger partial charge in [-0.25, -0.2) is 0 Å². The number of hydrogen-bond donors (Lipinski definition) is 3. The second kappa shape index (κ2) is 5.32. The maximum absolute atomic E-state index is 9.65. The van der Waals surface area contributed by atoms with E-state index in [-0.39, 0.29) is 19.3 Å². The summed E-state index contributed by atoms with van der Waals surface area (Å²) in [6.45, 7) is 2.00. The van der Waals surface area contributed by atoms with Crippen LogP contribution in [0.2, 0.25) is 0 Å². The summed E-state index contributed by atoms with van der Waals surface area (Å²) in [5.74, 6) is 0. The van der Waals surface area contributed by atoms with Crippen LogP contribution in [0.3, 0.4) is 0 Å². The highest BCUT2D eigenvalue weighted by molar-refractivity contribution is 7.40. The van der Waals surface area contributed by atoms with Gasteiger partial charge in [0.15, 0.2) is 9.03 Å². The lowest BCUT2D eigenvalue weighted by Crippen LogP contribution is -2.55. The molecule has 17 heavy (non-hydrogen) atoms. The summed E-state index contributed by atoms with van der Waals surface area (Å²) in [5, 5.41) is 9.65. The van der Waals surface area contributed by atoms with E-state index in [1.54, 1.807) is 0 Å². The van der Waals surface area contributed by atoms with Crippen LogP contribution < -0.4 is 0 Å². The van der Waals surface area contributed by atoms with Crippen LogP contribution in [0.1, 0.15) is 26.2 Å². The quantitative estimate of drug-likeness (QED) is 0.669. The zero-order valence-electron chi connectivity index (χ0n) is 9.63. The minimum Gasteiger partial charge on any atom is -0.396 e. The fourth-order valence-corrected chi connectivity index (χ4v) is 4.41. The molecule has 2 rings (SSSR count). The van der Waals surface area contributed by atoms with E-state index >= 15 is 0 Å². The second-order valence-electron chi connectivity index (χ2n) is 4.88. The molecule has 0 amide bonds. The largest absolute Gasteiger partial charge is 0.396 e. The molecule has 0 aromatic heterocycles. The molecule has 0 spiro atoms. The molecule has 1 heterocycles. The van der Waals surface area contributed by atoms with Gasteiger partial charge in [-0.1, -0.05) is 0 Å². The standard InChI is InChI=1S/C9H18O6P2/c1-8-3-2-4-9(5-10,6-13-16-11)7(8)14-17(12)15-8/h7,10-12,16H,2-6H2,1H3. The summed E-state index contributed by atoms with van der Waals surface area (Å²) in [4.78, 5) is 18.3. The summed E-state index contributed by atoms with van der Waals surface area (Å²) in [6, 6.07) is 0. The molecule has 2 aliphatic rings. The van der Waals surface area contributed by atoms with E-state index in [1.807, 2.05) is 6.92 Å². The van der Waals surface area contributed by atoms with Gasteiger partial charge in [0.25, 0.3) is 0 Å². The molecule has 0 radical (unpaired) electrons. The van der Waals surface area contributed by atoms with Gasteiger partial charge >= 0.3 is 8.60 Å². The van der Waals surface area contributed by atoms with E-state index < -0.39 is 28.7 Å². The van der Waals surface area contributed by atoms with Crippen molar-refractivity contribution in [2.24, 2.45) is 5.41 Å². The monoisotopic (exact) mass is 284 g/mol. The molecule has 1 saturated heterocycles. The highest BCUT2D eigenvalue weighted by Crippen LogP contribution is 2.60. The first-order chi connectivity index (χ1) is 8.06. The lowest BCUT2D eigenvalue weighted by Gasteiger charge is -2.46. The van der Waals surface area contributed by atoms with Gasteiger partial charge < -0.3 is 28.5 Å². The average Bonchev–Trinajstić information content (AvgIpc) is 2.61. The van der Waals surface area contributed by atoms with Crippen LogP contribution in [0.5, 0.6) is 0 Å². The minimum atomic E-state index is -1.87. The van der Waals surface area contributed by atoms with E-state index in [0.29, 0.717) is 0 Å². The summed E-state index contributed by atoms with van der Waals surface area (Å²) in [5.41, 5.74) is -1.16. The Kier molecular flexibility index (Phi) is 4.39. The topological polar surface area (TPSA) is 88.4 Å². The van der Waals surface area contributed by atoms with Gasteiger partial charge in [0.2, 0.25) is 0 Å². The molecule has 5 atom stereocenters. The Hall–Kier alpha value is 0.620. The molecular formula is C9H18O6P2. The van der Waals surface area contributed by atoms with Gasteiger partial charge in [0.05, 0.1) is 13.2 Å². The zero-order valence-corrected chi connectivity index (χ0v) is 11.5. The summed E-state index contributed by atoms with van der Waals surface area (Å²) in [6.07, 6.45) is 2.01. The first kappa shape index (κ1) is 14.0. The molecule has 8 heteroatoms.